The third-order valence-electron chi connectivity index (χ3n) is 13.8. The third kappa shape index (κ3) is 5.87. The zero-order valence-corrected chi connectivity index (χ0v) is 30.8. The second kappa shape index (κ2) is 13.8. The summed E-state index contributed by atoms with van der Waals surface area (Å²) in [6.07, 6.45) is 19.7. The van der Waals surface area contributed by atoms with Crippen LogP contribution in [0.15, 0.2) is 85.3 Å². The van der Waals surface area contributed by atoms with E-state index in [0.717, 1.165) is 42.6 Å². The number of aliphatic hydroxyl groups excluding tert-OH is 1. The van der Waals surface area contributed by atoms with Crippen LogP contribution < -0.4 is 5.32 Å². The normalized spacial score (nSPS) is 28.2. The molecule has 8 N–H and O–H groups in total. The van der Waals surface area contributed by atoms with Crippen molar-refractivity contribution in [2.24, 2.45) is 29.1 Å². The van der Waals surface area contributed by atoms with Crippen LogP contribution in [-0.4, -0.2) is 53.3 Å². The Morgan fingerprint density at radius 1 is 0.800 bits per heavy atom. The lowest BCUT2D eigenvalue weighted by Gasteiger charge is -2.64. The van der Waals surface area contributed by atoms with Crippen LogP contribution in [0.3, 0.4) is 0 Å². The maximum atomic E-state index is 11.9. The van der Waals surface area contributed by atoms with E-state index in [4.69, 9.17) is 0 Å². The minimum Gasteiger partial charge on any atom is -0.507 e. The molecule has 7 unspecified atom stereocenters. The number of aromatic hydroxyl groups is 5. The molecule has 9 heteroatoms. The first-order valence-corrected chi connectivity index (χ1v) is 19.7. The molecule has 1 spiro atoms. The smallest absolute Gasteiger partial charge is 0.169 e. The van der Waals surface area contributed by atoms with Crippen molar-refractivity contribution in [3.8, 4) is 28.7 Å². The molecule has 284 valence electrons. The number of H-pyrrole nitrogens is 1. The summed E-state index contributed by atoms with van der Waals surface area (Å²) >= 11 is 0. The van der Waals surface area contributed by atoms with E-state index < -0.39 is 0 Å². The molecule has 9 rings (SSSR count). The molecular weight excluding hydrogens is 691 g/mol. The lowest BCUT2D eigenvalue weighted by Crippen LogP contribution is -2.65. The van der Waals surface area contributed by atoms with Gasteiger partial charge in [-0.15, -0.1) is 0 Å². The monoisotopic (exact) mass is 739 g/mol. The lowest BCUT2D eigenvalue weighted by molar-refractivity contribution is -0.147. The molecular formula is C46H49N3O6. The van der Waals surface area contributed by atoms with Crippen LogP contribution >= 0.6 is 0 Å². The number of aromatic nitrogens is 2. The van der Waals surface area contributed by atoms with Gasteiger partial charge in [0.05, 0.1) is 17.8 Å². The summed E-state index contributed by atoms with van der Waals surface area (Å²) in [5, 5.41) is 69.1. The number of allylic oxidation sites excluding steroid dienone is 2. The molecule has 1 heterocycles. The Morgan fingerprint density at radius 3 is 2.42 bits per heavy atom. The van der Waals surface area contributed by atoms with Crippen LogP contribution in [0, 0.1) is 29.1 Å². The van der Waals surface area contributed by atoms with Gasteiger partial charge < -0.3 is 40.9 Å². The van der Waals surface area contributed by atoms with Gasteiger partial charge in [-0.1, -0.05) is 66.8 Å². The van der Waals surface area contributed by atoms with Gasteiger partial charge in [-0.25, -0.2) is 4.98 Å². The maximum absolute atomic E-state index is 11.9. The number of benzene rings is 4. The second-order valence-corrected chi connectivity index (χ2v) is 16.6. The summed E-state index contributed by atoms with van der Waals surface area (Å²) in [5.41, 5.74) is 5.06. The molecule has 4 aliphatic carbocycles. The molecule has 4 aliphatic rings. The van der Waals surface area contributed by atoms with Crippen molar-refractivity contribution >= 4 is 22.9 Å². The summed E-state index contributed by atoms with van der Waals surface area (Å²) in [6.45, 7) is 1.44. The molecule has 4 aromatic carbocycles. The van der Waals surface area contributed by atoms with Gasteiger partial charge in [0.1, 0.15) is 5.75 Å². The highest BCUT2D eigenvalue weighted by molar-refractivity contribution is 6.03. The first-order valence-electron chi connectivity index (χ1n) is 19.7. The summed E-state index contributed by atoms with van der Waals surface area (Å²) in [6, 6.07) is 17.9. The second-order valence-electron chi connectivity index (χ2n) is 16.6. The molecule has 7 atom stereocenters. The molecule has 0 amide bonds. The standard InChI is InChI=1S/C46H49N3O6/c50-36-18-11-28(20-39(36)53)10-16-33-34-2-1-3-37(51)41(34)43(55)42(54)35(33)17-9-27-4-6-29(7-5-27)23-47-25-45(40-24-48-26-49-40)21-30-8-12-31-13-14-32-15-19-38(52)44(45)46(31,32)22-30/h1-8,10-12,16,18,20,24,26,30-32,38,44,47,50-55H,9,13-15,17,19,21-23,25H2,(H,48,49). The van der Waals surface area contributed by atoms with Crippen molar-refractivity contribution in [2.45, 2.75) is 69.4 Å². The van der Waals surface area contributed by atoms with Gasteiger partial charge in [0, 0.05) is 41.9 Å². The zero-order chi connectivity index (χ0) is 37.9. The summed E-state index contributed by atoms with van der Waals surface area (Å²) in [5.74, 6) is 0.621. The number of hydrogen-bond donors (Lipinski definition) is 8. The topological polar surface area (TPSA) is 162 Å². The van der Waals surface area contributed by atoms with Gasteiger partial charge in [0.15, 0.2) is 23.0 Å². The quantitative estimate of drug-likeness (QED) is 0.0408. The van der Waals surface area contributed by atoms with Crippen molar-refractivity contribution in [1.82, 2.24) is 15.3 Å². The first-order chi connectivity index (χ1) is 26.7. The molecule has 55 heavy (non-hydrogen) atoms. The SMILES string of the molecule is Oc1ccc(C=Cc2c(CCc3ccc(CNCC4(c5cnc[nH]5)CC5C=CC6CCC7CCC(O)C4C67C5)cc3)c(O)c(O)c3c(O)cccc23)cc1O. The largest absolute Gasteiger partial charge is 0.507 e. The number of imidazole rings is 1. The minimum absolute atomic E-state index is 0.141. The fourth-order valence-electron chi connectivity index (χ4n) is 11.6. The summed E-state index contributed by atoms with van der Waals surface area (Å²) in [4.78, 5) is 7.99. The summed E-state index contributed by atoms with van der Waals surface area (Å²) in [7, 11) is 0. The number of nitrogens with one attached hydrogen (secondary N) is 2. The Labute approximate surface area is 320 Å². The van der Waals surface area contributed by atoms with Gasteiger partial charge in [0.2, 0.25) is 0 Å². The number of phenolic OH excluding ortho intramolecular Hbond substituents is 5. The van der Waals surface area contributed by atoms with E-state index in [1.807, 2.05) is 6.20 Å². The van der Waals surface area contributed by atoms with E-state index >= 15 is 0 Å². The van der Waals surface area contributed by atoms with Crippen molar-refractivity contribution in [3.05, 3.63) is 119 Å². The van der Waals surface area contributed by atoms with E-state index in [-0.39, 0.29) is 57.0 Å². The number of phenols is 5. The van der Waals surface area contributed by atoms with Gasteiger partial charge in [-0.05, 0) is 120 Å². The lowest BCUT2D eigenvalue weighted by atomic mass is 9.41. The number of aromatic amines is 1. The Hall–Kier alpha value is -5.25. The highest BCUT2D eigenvalue weighted by Gasteiger charge is 2.67. The predicted molar refractivity (Wildman–Crippen MR) is 213 cm³/mol. The van der Waals surface area contributed by atoms with E-state index in [9.17, 15) is 30.6 Å². The molecule has 3 saturated carbocycles. The van der Waals surface area contributed by atoms with Crippen molar-refractivity contribution in [1.29, 1.82) is 0 Å². The molecule has 5 aromatic rings. The van der Waals surface area contributed by atoms with Gasteiger partial charge in [-0.2, -0.15) is 0 Å². The van der Waals surface area contributed by atoms with Crippen LogP contribution in [0.1, 0.15) is 72.0 Å². The van der Waals surface area contributed by atoms with Crippen molar-refractivity contribution < 1.29 is 30.6 Å². The fourth-order valence-corrected chi connectivity index (χ4v) is 11.6. The molecule has 9 nitrogen and oxygen atoms in total. The minimum atomic E-state index is -0.367. The Kier molecular flexibility index (Phi) is 8.89. The number of nitrogens with zero attached hydrogens (tertiary/aromatic N) is 1. The Balaban J connectivity index is 0.941. The van der Waals surface area contributed by atoms with E-state index in [1.165, 1.54) is 37.5 Å². The van der Waals surface area contributed by atoms with Crippen LogP contribution in [0.4, 0.5) is 0 Å². The molecule has 0 saturated heterocycles. The van der Waals surface area contributed by atoms with Crippen LogP contribution in [0.2, 0.25) is 0 Å². The number of hydrogen-bond acceptors (Lipinski definition) is 8. The number of rotatable bonds is 10. The number of aliphatic hydroxyl groups is 1. The van der Waals surface area contributed by atoms with Crippen molar-refractivity contribution in [2.75, 3.05) is 6.54 Å². The van der Waals surface area contributed by atoms with Crippen LogP contribution in [0.5, 0.6) is 28.7 Å². The molecule has 0 aliphatic heterocycles. The van der Waals surface area contributed by atoms with Gasteiger partial charge >= 0.3 is 0 Å². The molecule has 2 bridgehead atoms. The Bertz CT molecular complexity index is 2280. The molecule has 0 radical (unpaired) electrons. The van der Waals surface area contributed by atoms with E-state index in [1.54, 1.807) is 36.7 Å². The summed E-state index contributed by atoms with van der Waals surface area (Å²) < 4.78 is 0. The van der Waals surface area contributed by atoms with Gasteiger partial charge in [-0.3, -0.25) is 0 Å². The van der Waals surface area contributed by atoms with Crippen LogP contribution in [-0.2, 0) is 24.8 Å². The highest BCUT2D eigenvalue weighted by Crippen LogP contribution is 2.70. The zero-order valence-electron chi connectivity index (χ0n) is 30.8. The van der Waals surface area contributed by atoms with Crippen molar-refractivity contribution in [3.63, 3.8) is 0 Å². The fraction of sp³-hybridized carbons (Fsp3) is 0.370. The van der Waals surface area contributed by atoms with E-state index in [2.05, 4.69) is 51.7 Å². The average molecular weight is 740 g/mol. The van der Waals surface area contributed by atoms with E-state index in [0.29, 0.717) is 59.2 Å². The third-order valence-corrected chi connectivity index (χ3v) is 13.8. The van der Waals surface area contributed by atoms with Gasteiger partial charge in [0.25, 0.3) is 0 Å². The Morgan fingerprint density at radius 2 is 1.62 bits per heavy atom. The molecule has 3 fully saturated rings. The maximum Gasteiger partial charge on any atom is 0.169 e. The number of fused-ring (bicyclic) bond motifs is 2. The highest BCUT2D eigenvalue weighted by atomic mass is 16.3. The average Bonchev–Trinajstić information content (AvgIpc) is 3.86. The van der Waals surface area contributed by atoms with Crippen LogP contribution in [0.25, 0.3) is 22.9 Å². The number of aryl methyl sites for hydroxylation is 1. The first kappa shape index (κ1) is 35.5. The predicted octanol–water partition coefficient (Wildman–Crippen LogP) is 7.84. The molecule has 1 aromatic heterocycles.